The number of hydrogen-bond acceptors (Lipinski definition) is 1. The van der Waals surface area contributed by atoms with E-state index in [0.29, 0.717) is 0 Å². The average molecular weight is 547 g/mol. The minimum Gasteiger partial charge on any atom is -0.456 e. The maximum Gasteiger partial charge on any atom is 0.136 e. The van der Waals surface area contributed by atoms with E-state index in [0.717, 1.165) is 21.9 Å². The molecule has 0 N–H and O–H groups in total. The van der Waals surface area contributed by atoms with Crippen LogP contribution >= 0.6 is 0 Å². The highest BCUT2D eigenvalue weighted by Gasteiger charge is 2.22. The molecule has 1 nitrogen and oxygen atoms in total. The van der Waals surface area contributed by atoms with Crippen LogP contribution in [0.2, 0.25) is 0 Å². The molecular formula is C42H26O. The summed E-state index contributed by atoms with van der Waals surface area (Å²) in [5.41, 5.74) is 9.28. The van der Waals surface area contributed by atoms with Crippen molar-refractivity contribution in [3.8, 4) is 33.4 Å². The lowest BCUT2D eigenvalue weighted by Gasteiger charge is -2.21. The Morgan fingerprint density at radius 3 is 1.53 bits per heavy atom. The number of fused-ring (bicyclic) bond motifs is 6. The van der Waals surface area contributed by atoms with Crippen LogP contribution in [0, 0.1) is 0 Å². The summed E-state index contributed by atoms with van der Waals surface area (Å²) < 4.78 is 6.34. The first-order valence-corrected chi connectivity index (χ1v) is 14.8. The van der Waals surface area contributed by atoms with Crippen LogP contribution in [0.4, 0.5) is 0 Å². The van der Waals surface area contributed by atoms with Gasteiger partial charge < -0.3 is 4.42 Å². The molecule has 0 bridgehead atoms. The van der Waals surface area contributed by atoms with Crippen molar-refractivity contribution in [1.29, 1.82) is 0 Å². The van der Waals surface area contributed by atoms with Crippen LogP contribution < -0.4 is 0 Å². The van der Waals surface area contributed by atoms with E-state index in [2.05, 4.69) is 152 Å². The van der Waals surface area contributed by atoms with E-state index in [9.17, 15) is 0 Å². The molecule has 8 aromatic carbocycles. The largest absolute Gasteiger partial charge is 0.456 e. The Bertz CT molecular complexity index is 2440. The van der Waals surface area contributed by atoms with Gasteiger partial charge in [-0.3, -0.25) is 0 Å². The minimum absolute atomic E-state index is 0.914. The normalized spacial score (nSPS) is 11.7. The summed E-state index contributed by atoms with van der Waals surface area (Å²) in [6.07, 6.45) is 0. The molecule has 0 radical (unpaired) electrons. The number of benzene rings is 8. The molecule has 1 heteroatoms. The third kappa shape index (κ3) is 3.58. The lowest BCUT2D eigenvalue weighted by molar-refractivity contribution is 0.669. The summed E-state index contributed by atoms with van der Waals surface area (Å²) in [6, 6.07) is 56.8. The minimum atomic E-state index is 0.914. The Labute approximate surface area is 249 Å². The average Bonchev–Trinajstić information content (AvgIpc) is 3.46. The summed E-state index contributed by atoms with van der Waals surface area (Å²) >= 11 is 0. The quantitative estimate of drug-likeness (QED) is 0.201. The van der Waals surface area contributed by atoms with Gasteiger partial charge in [0.2, 0.25) is 0 Å². The molecule has 0 unspecified atom stereocenters. The zero-order valence-electron chi connectivity index (χ0n) is 23.4. The molecule has 9 aromatic rings. The predicted molar refractivity (Wildman–Crippen MR) is 183 cm³/mol. The van der Waals surface area contributed by atoms with Crippen molar-refractivity contribution in [3.05, 3.63) is 158 Å². The molecule has 43 heavy (non-hydrogen) atoms. The fourth-order valence-corrected chi connectivity index (χ4v) is 7.09. The topological polar surface area (TPSA) is 13.1 Å². The summed E-state index contributed by atoms with van der Waals surface area (Å²) in [7, 11) is 0. The SMILES string of the molecule is c1ccc(-c2c(-c3c4ccccc4c(-c4cccc5oc6ccccc6c45)c4ccccc34)ccc3ccccc23)cc1. The van der Waals surface area contributed by atoms with E-state index in [4.69, 9.17) is 4.42 Å². The Morgan fingerprint density at radius 1 is 0.302 bits per heavy atom. The van der Waals surface area contributed by atoms with Gasteiger partial charge in [0.05, 0.1) is 0 Å². The monoisotopic (exact) mass is 546 g/mol. The highest BCUT2D eigenvalue weighted by atomic mass is 16.3. The lowest BCUT2D eigenvalue weighted by Crippen LogP contribution is -1.94. The van der Waals surface area contributed by atoms with Gasteiger partial charge in [-0.15, -0.1) is 0 Å². The van der Waals surface area contributed by atoms with Crippen LogP contribution in [-0.4, -0.2) is 0 Å². The zero-order chi connectivity index (χ0) is 28.3. The van der Waals surface area contributed by atoms with Gasteiger partial charge in [0.1, 0.15) is 11.2 Å². The Kier molecular flexibility index (Phi) is 5.27. The van der Waals surface area contributed by atoms with Crippen molar-refractivity contribution >= 4 is 54.3 Å². The molecule has 0 fully saturated rings. The van der Waals surface area contributed by atoms with Crippen LogP contribution in [0.1, 0.15) is 0 Å². The number of furan rings is 1. The summed E-state index contributed by atoms with van der Waals surface area (Å²) in [6.45, 7) is 0. The molecule has 0 saturated heterocycles. The van der Waals surface area contributed by atoms with Crippen molar-refractivity contribution in [2.75, 3.05) is 0 Å². The van der Waals surface area contributed by atoms with Gasteiger partial charge in [0, 0.05) is 10.8 Å². The van der Waals surface area contributed by atoms with Crippen molar-refractivity contribution < 1.29 is 4.42 Å². The second kappa shape index (κ2) is 9.44. The first kappa shape index (κ1) is 24.0. The molecule has 0 aliphatic heterocycles. The molecule has 1 aromatic heterocycles. The first-order valence-electron chi connectivity index (χ1n) is 14.8. The van der Waals surface area contributed by atoms with Gasteiger partial charge >= 0.3 is 0 Å². The van der Waals surface area contributed by atoms with Gasteiger partial charge in [-0.25, -0.2) is 0 Å². The Hall–Kier alpha value is -5.66. The van der Waals surface area contributed by atoms with Gasteiger partial charge in [0.15, 0.2) is 0 Å². The summed E-state index contributed by atoms with van der Waals surface area (Å²) in [5.74, 6) is 0. The van der Waals surface area contributed by atoms with E-state index in [-0.39, 0.29) is 0 Å². The van der Waals surface area contributed by atoms with E-state index in [1.165, 1.54) is 65.7 Å². The van der Waals surface area contributed by atoms with E-state index >= 15 is 0 Å². The van der Waals surface area contributed by atoms with E-state index < -0.39 is 0 Å². The van der Waals surface area contributed by atoms with Crippen LogP contribution in [0.5, 0.6) is 0 Å². The second-order valence-corrected chi connectivity index (χ2v) is 11.2. The van der Waals surface area contributed by atoms with Crippen LogP contribution in [0.15, 0.2) is 162 Å². The van der Waals surface area contributed by atoms with Crippen molar-refractivity contribution in [3.63, 3.8) is 0 Å². The van der Waals surface area contributed by atoms with Crippen molar-refractivity contribution in [2.45, 2.75) is 0 Å². The number of hydrogen-bond donors (Lipinski definition) is 0. The third-order valence-corrected chi connectivity index (χ3v) is 8.86. The van der Waals surface area contributed by atoms with Crippen LogP contribution in [-0.2, 0) is 0 Å². The molecule has 1 heterocycles. The first-order chi connectivity index (χ1) is 21.4. The molecule has 0 atom stereocenters. The highest BCUT2D eigenvalue weighted by Crippen LogP contribution is 2.49. The van der Waals surface area contributed by atoms with Crippen LogP contribution in [0.3, 0.4) is 0 Å². The fourth-order valence-electron chi connectivity index (χ4n) is 7.09. The molecule has 9 rings (SSSR count). The molecule has 0 amide bonds. The molecule has 0 spiro atoms. The number of rotatable bonds is 3. The van der Waals surface area contributed by atoms with Gasteiger partial charge in [-0.05, 0) is 77.8 Å². The predicted octanol–water partition coefficient (Wildman–Crippen LogP) is 12.0. The maximum atomic E-state index is 6.34. The number of para-hydroxylation sites is 1. The molecular weight excluding hydrogens is 520 g/mol. The highest BCUT2D eigenvalue weighted by molar-refractivity contribution is 6.27. The third-order valence-electron chi connectivity index (χ3n) is 8.86. The molecule has 0 saturated carbocycles. The van der Waals surface area contributed by atoms with Crippen molar-refractivity contribution in [2.24, 2.45) is 0 Å². The zero-order valence-corrected chi connectivity index (χ0v) is 23.4. The van der Waals surface area contributed by atoms with Gasteiger partial charge in [-0.1, -0.05) is 146 Å². The molecule has 0 aliphatic rings. The fraction of sp³-hybridized carbons (Fsp3) is 0. The standard InChI is InChI=1S/C42H26O/c1-2-14-28(15-3-1)39-29-16-5-4-13-27(29)25-26-36(39)41-32-19-8-6-17-30(32)40(31-18-7-9-20-33(31)41)35-22-12-24-38-42(35)34-21-10-11-23-37(34)43-38/h1-26H. The van der Waals surface area contributed by atoms with Crippen molar-refractivity contribution in [1.82, 2.24) is 0 Å². The van der Waals surface area contributed by atoms with E-state index in [1.54, 1.807) is 0 Å². The Morgan fingerprint density at radius 2 is 0.837 bits per heavy atom. The second-order valence-electron chi connectivity index (χ2n) is 11.2. The smallest absolute Gasteiger partial charge is 0.136 e. The lowest BCUT2D eigenvalue weighted by atomic mass is 9.82. The van der Waals surface area contributed by atoms with Crippen LogP contribution in [0.25, 0.3) is 87.6 Å². The van der Waals surface area contributed by atoms with E-state index in [1.807, 2.05) is 6.07 Å². The van der Waals surface area contributed by atoms with Gasteiger partial charge in [-0.2, -0.15) is 0 Å². The maximum absolute atomic E-state index is 6.34. The summed E-state index contributed by atoms with van der Waals surface area (Å²) in [5, 5.41) is 9.78. The molecule has 200 valence electrons. The summed E-state index contributed by atoms with van der Waals surface area (Å²) in [4.78, 5) is 0. The molecule has 0 aliphatic carbocycles. The van der Waals surface area contributed by atoms with Gasteiger partial charge in [0.25, 0.3) is 0 Å². The Balaban J connectivity index is 1.47.